The smallest absolute Gasteiger partial charge is 0.420 e. The highest BCUT2D eigenvalue weighted by atomic mass is 16.5. The lowest BCUT2D eigenvalue weighted by atomic mass is 10.2. The van der Waals surface area contributed by atoms with Gasteiger partial charge in [-0.3, -0.25) is 9.36 Å². The number of carbonyl (C=O) groups is 2. The number of amides is 1. The number of nitrogens with two attached hydrogens (primary N) is 1. The van der Waals surface area contributed by atoms with Gasteiger partial charge in [0.25, 0.3) is 0 Å². The Labute approximate surface area is 101 Å². The Kier molecular flexibility index (Phi) is 2.88. The Morgan fingerprint density at radius 1 is 1.44 bits per heavy atom. The minimum atomic E-state index is -0.703. The number of ether oxygens (including phenoxy) is 1. The summed E-state index contributed by atoms with van der Waals surface area (Å²) in [5.41, 5.74) is 5.88. The second-order valence-electron chi connectivity index (χ2n) is 3.59. The summed E-state index contributed by atoms with van der Waals surface area (Å²) in [5.74, 6) is -1.90. The Morgan fingerprint density at radius 3 is 2.78 bits per heavy atom. The van der Waals surface area contributed by atoms with Gasteiger partial charge in [0.15, 0.2) is 5.58 Å². The van der Waals surface area contributed by atoms with Gasteiger partial charge in [0.05, 0.1) is 18.2 Å². The Balaban J connectivity index is 2.58. The molecular weight excluding hydrogens is 240 g/mol. The molecule has 94 valence electrons. The van der Waals surface area contributed by atoms with Crippen molar-refractivity contribution in [3.63, 3.8) is 0 Å². The number of hydrogen-bond acceptors (Lipinski definition) is 5. The van der Waals surface area contributed by atoms with Gasteiger partial charge in [0, 0.05) is 0 Å². The standard InChI is InChI=1S/C11H10N2O5/c1-17-10(15)6-2-3-7-8(4-6)18-11(16)13(7)5-9(12)14/h2-4H,5H2,1H3,(H2,12,14). The fourth-order valence-electron chi connectivity index (χ4n) is 1.62. The average Bonchev–Trinajstić information content (AvgIpc) is 2.63. The molecule has 7 nitrogen and oxygen atoms in total. The van der Waals surface area contributed by atoms with E-state index < -0.39 is 17.6 Å². The van der Waals surface area contributed by atoms with Crippen LogP contribution in [0.25, 0.3) is 11.1 Å². The molecule has 0 saturated heterocycles. The van der Waals surface area contributed by atoms with Crippen molar-refractivity contribution < 1.29 is 18.7 Å². The van der Waals surface area contributed by atoms with Crippen molar-refractivity contribution in [2.24, 2.45) is 5.73 Å². The second-order valence-corrected chi connectivity index (χ2v) is 3.59. The highest BCUT2D eigenvalue weighted by Gasteiger charge is 2.14. The van der Waals surface area contributed by atoms with E-state index in [2.05, 4.69) is 4.74 Å². The van der Waals surface area contributed by atoms with Crippen LogP contribution < -0.4 is 11.5 Å². The maximum absolute atomic E-state index is 11.5. The first-order valence-corrected chi connectivity index (χ1v) is 5.03. The summed E-state index contributed by atoms with van der Waals surface area (Å²) < 4.78 is 10.6. The predicted molar refractivity (Wildman–Crippen MR) is 61.0 cm³/mol. The second kappa shape index (κ2) is 4.36. The highest BCUT2D eigenvalue weighted by molar-refractivity contribution is 5.93. The van der Waals surface area contributed by atoms with E-state index in [1.807, 2.05) is 0 Å². The largest absolute Gasteiger partial charge is 0.465 e. The minimum absolute atomic E-state index is 0.198. The fourth-order valence-corrected chi connectivity index (χ4v) is 1.62. The van der Waals surface area contributed by atoms with Crippen molar-refractivity contribution >= 4 is 23.0 Å². The van der Waals surface area contributed by atoms with Gasteiger partial charge in [-0.1, -0.05) is 0 Å². The maximum Gasteiger partial charge on any atom is 0.420 e. The first kappa shape index (κ1) is 11.9. The molecule has 0 aliphatic carbocycles. The van der Waals surface area contributed by atoms with Gasteiger partial charge in [-0.15, -0.1) is 0 Å². The number of rotatable bonds is 3. The molecule has 1 aromatic heterocycles. The number of primary amides is 1. The zero-order valence-electron chi connectivity index (χ0n) is 9.50. The molecule has 0 unspecified atom stereocenters. The van der Waals surface area contributed by atoms with Gasteiger partial charge in [-0.2, -0.15) is 0 Å². The third-order valence-electron chi connectivity index (χ3n) is 2.40. The molecule has 1 heterocycles. The van der Waals surface area contributed by atoms with Crippen molar-refractivity contribution in [1.29, 1.82) is 0 Å². The highest BCUT2D eigenvalue weighted by Crippen LogP contribution is 2.15. The summed E-state index contributed by atoms with van der Waals surface area (Å²) in [4.78, 5) is 33.6. The van der Waals surface area contributed by atoms with E-state index in [1.54, 1.807) is 0 Å². The monoisotopic (exact) mass is 250 g/mol. The minimum Gasteiger partial charge on any atom is -0.465 e. The summed E-state index contributed by atoms with van der Waals surface area (Å²) in [6.45, 7) is -0.274. The van der Waals surface area contributed by atoms with Crippen LogP contribution in [0.2, 0.25) is 0 Å². The Hall–Kier alpha value is -2.57. The number of oxazole rings is 1. The lowest BCUT2D eigenvalue weighted by Crippen LogP contribution is -2.24. The number of benzene rings is 1. The van der Waals surface area contributed by atoms with Crippen molar-refractivity contribution in [3.8, 4) is 0 Å². The van der Waals surface area contributed by atoms with Crippen LogP contribution >= 0.6 is 0 Å². The third kappa shape index (κ3) is 1.97. The van der Waals surface area contributed by atoms with Crippen molar-refractivity contribution in [1.82, 2.24) is 4.57 Å². The molecule has 0 saturated carbocycles. The van der Waals surface area contributed by atoms with Crippen LogP contribution in [0.5, 0.6) is 0 Å². The van der Waals surface area contributed by atoms with Gasteiger partial charge >= 0.3 is 11.7 Å². The van der Waals surface area contributed by atoms with Crippen LogP contribution in [0.4, 0.5) is 0 Å². The van der Waals surface area contributed by atoms with E-state index in [1.165, 1.54) is 25.3 Å². The SMILES string of the molecule is COC(=O)c1ccc2c(c1)oc(=O)n2CC(N)=O. The van der Waals surface area contributed by atoms with Crippen LogP contribution in [-0.4, -0.2) is 23.6 Å². The molecular formula is C11H10N2O5. The summed E-state index contributed by atoms with van der Waals surface area (Å²) in [7, 11) is 1.25. The van der Waals surface area contributed by atoms with E-state index in [0.29, 0.717) is 5.52 Å². The van der Waals surface area contributed by atoms with Crippen LogP contribution in [0.15, 0.2) is 27.4 Å². The Morgan fingerprint density at radius 2 is 2.17 bits per heavy atom. The zero-order valence-corrected chi connectivity index (χ0v) is 9.50. The summed E-state index contributed by atoms with van der Waals surface area (Å²) in [6.07, 6.45) is 0. The normalized spacial score (nSPS) is 10.5. The number of hydrogen-bond donors (Lipinski definition) is 1. The van der Waals surface area contributed by atoms with Crippen LogP contribution in [-0.2, 0) is 16.1 Å². The summed E-state index contributed by atoms with van der Waals surface area (Å²) >= 11 is 0. The number of methoxy groups -OCH3 is 1. The number of fused-ring (bicyclic) bond motifs is 1. The van der Waals surface area contributed by atoms with Gasteiger partial charge in [-0.05, 0) is 18.2 Å². The number of aromatic nitrogens is 1. The summed E-state index contributed by atoms with van der Waals surface area (Å²) in [5, 5.41) is 0. The fraction of sp³-hybridized carbons (Fsp3) is 0.182. The van der Waals surface area contributed by atoms with Crippen LogP contribution in [0.1, 0.15) is 10.4 Å². The third-order valence-corrected chi connectivity index (χ3v) is 2.40. The van der Waals surface area contributed by atoms with Crippen molar-refractivity contribution in [2.45, 2.75) is 6.54 Å². The van der Waals surface area contributed by atoms with Gasteiger partial charge in [-0.25, -0.2) is 9.59 Å². The van der Waals surface area contributed by atoms with E-state index in [-0.39, 0.29) is 17.7 Å². The molecule has 0 bridgehead atoms. The van der Waals surface area contributed by atoms with Crippen molar-refractivity contribution in [3.05, 3.63) is 34.3 Å². The van der Waals surface area contributed by atoms with Gasteiger partial charge in [0.1, 0.15) is 6.54 Å². The molecule has 0 atom stereocenters. The molecule has 0 aliphatic rings. The van der Waals surface area contributed by atoms with Crippen LogP contribution in [0.3, 0.4) is 0 Å². The lowest BCUT2D eigenvalue weighted by Gasteiger charge is -2.00. The molecule has 0 aliphatic heterocycles. The van der Waals surface area contributed by atoms with E-state index >= 15 is 0 Å². The molecule has 0 radical (unpaired) electrons. The molecule has 1 amide bonds. The number of nitrogens with zero attached hydrogens (tertiary/aromatic N) is 1. The molecule has 0 spiro atoms. The van der Waals surface area contributed by atoms with E-state index in [9.17, 15) is 14.4 Å². The zero-order chi connectivity index (χ0) is 13.3. The topological polar surface area (TPSA) is 105 Å². The molecule has 2 aromatic rings. The van der Waals surface area contributed by atoms with Gasteiger partial charge in [0.2, 0.25) is 5.91 Å². The molecule has 0 fully saturated rings. The molecule has 7 heteroatoms. The number of esters is 1. The quantitative estimate of drug-likeness (QED) is 0.764. The Bertz CT molecular complexity index is 682. The molecule has 18 heavy (non-hydrogen) atoms. The van der Waals surface area contributed by atoms with E-state index in [4.69, 9.17) is 10.2 Å². The van der Waals surface area contributed by atoms with E-state index in [0.717, 1.165) is 4.57 Å². The lowest BCUT2D eigenvalue weighted by molar-refractivity contribution is -0.118. The number of carbonyl (C=O) groups excluding carboxylic acids is 2. The van der Waals surface area contributed by atoms with Crippen molar-refractivity contribution in [2.75, 3.05) is 7.11 Å². The average molecular weight is 250 g/mol. The summed E-state index contributed by atoms with van der Waals surface area (Å²) in [6, 6.07) is 4.34. The molecule has 2 rings (SSSR count). The predicted octanol–water partition coefficient (Wildman–Crippen LogP) is -0.134. The van der Waals surface area contributed by atoms with Gasteiger partial charge < -0.3 is 14.9 Å². The molecule has 1 aromatic carbocycles. The first-order valence-electron chi connectivity index (χ1n) is 5.03. The maximum atomic E-state index is 11.5. The van der Waals surface area contributed by atoms with Crippen LogP contribution in [0, 0.1) is 0 Å². The first-order chi connectivity index (χ1) is 8.52. The molecule has 2 N–H and O–H groups in total.